The second kappa shape index (κ2) is 9.84. The van der Waals surface area contributed by atoms with Gasteiger partial charge in [-0.15, -0.1) is 0 Å². The largest absolute Gasteiger partial charge is 0.233 e. The molecule has 0 fully saturated rings. The molecule has 156 valence electrons. The summed E-state index contributed by atoms with van der Waals surface area (Å²) in [5.74, 6) is 0.655. The average molecular weight is 415 g/mol. The molecular weight excluding hydrogens is 388 g/mol. The lowest BCUT2D eigenvalue weighted by Crippen LogP contribution is -2.05. The van der Waals surface area contributed by atoms with Gasteiger partial charge in [0.1, 0.15) is 0 Å². The van der Waals surface area contributed by atoms with Gasteiger partial charge in [0.2, 0.25) is 0 Å². The minimum Gasteiger partial charge on any atom is -0.233 e. The van der Waals surface area contributed by atoms with E-state index in [2.05, 4.69) is 68.1 Å². The smallest absolute Gasteiger partial charge is 0.160 e. The molecule has 0 N–H and O–H groups in total. The van der Waals surface area contributed by atoms with Crippen LogP contribution in [0.3, 0.4) is 0 Å². The highest BCUT2D eigenvalue weighted by molar-refractivity contribution is 6.12. The number of aryl methyl sites for hydroxylation is 1. The summed E-state index contributed by atoms with van der Waals surface area (Å²) in [5, 5.41) is 0. The zero-order valence-corrected chi connectivity index (χ0v) is 18.5. The fourth-order valence-corrected chi connectivity index (χ4v) is 3.62. The zero-order valence-electron chi connectivity index (χ0n) is 18.5. The predicted octanol–water partition coefficient (Wildman–Crippen LogP) is 7.59. The number of nitrogens with zero attached hydrogens (tertiary/aromatic N) is 2. The molecule has 4 aromatic rings. The molecule has 0 aromatic heterocycles. The van der Waals surface area contributed by atoms with Gasteiger partial charge < -0.3 is 0 Å². The van der Waals surface area contributed by atoms with Gasteiger partial charge in [-0.1, -0.05) is 110 Å². The maximum Gasteiger partial charge on any atom is 0.160 e. The Morgan fingerprint density at radius 2 is 1.19 bits per heavy atom. The molecule has 32 heavy (non-hydrogen) atoms. The Morgan fingerprint density at radius 3 is 1.78 bits per heavy atom. The van der Waals surface area contributed by atoms with Gasteiger partial charge in [-0.3, -0.25) is 0 Å². The van der Waals surface area contributed by atoms with Crippen molar-refractivity contribution in [1.29, 1.82) is 0 Å². The fourth-order valence-electron chi connectivity index (χ4n) is 3.62. The Morgan fingerprint density at radius 1 is 0.625 bits per heavy atom. The Hall–Kier alpha value is -4.04. The predicted molar refractivity (Wildman–Crippen MR) is 137 cm³/mol. The first-order valence-electron chi connectivity index (χ1n) is 10.7. The van der Waals surface area contributed by atoms with E-state index >= 15 is 0 Å². The van der Waals surface area contributed by atoms with E-state index in [-0.39, 0.29) is 0 Å². The maximum atomic E-state index is 4.93. The summed E-state index contributed by atoms with van der Waals surface area (Å²) in [5.41, 5.74) is 8.21. The average Bonchev–Trinajstić information content (AvgIpc) is 2.85. The summed E-state index contributed by atoms with van der Waals surface area (Å²) in [6, 6.07) is 37.0. The van der Waals surface area contributed by atoms with E-state index in [0.29, 0.717) is 11.5 Å². The van der Waals surface area contributed by atoms with Gasteiger partial charge in [-0.2, -0.15) is 0 Å². The molecule has 0 aliphatic rings. The Labute approximate surface area is 190 Å². The molecule has 0 saturated carbocycles. The molecule has 2 heteroatoms. The standard InChI is InChI=1S/C30H26N2/c1-22-21-28(19-20-29(22)27-17-11-6-12-18-27)30(31-23(2)25-13-7-4-8-14-25)32-24(3)26-15-9-5-10-16-26/h4-21H,2H2,1,3H3. The van der Waals surface area contributed by atoms with Crippen molar-refractivity contribution in [3.05, 3.63) is 138 Å². The molecule has 0 bridgehead atoms. The third kappa shape index (κ3) is 4.98. The second-order valence-corrected chi connectivity index (χ2v) is 7.71. The lowest BCUT2D eigenvalue weighted by Gasteiger charge is -2.11. The number of hydrogen-bond donors (Lipinski definition) is 0. The molecule has 0 saturated heterocycles. The molecule has 0 heterocycles. The first kappa shape index (κ1) is 21.2. The number of hydrogen-bond acceptors (Lipinski definition) is 1. The highest BCUT2D eigenvalue weighted by Crippen LogP contribution is 2.25. The summed E-state index contributed by atoms with van der Waals surface area (Å²) >= 11 is 0. The van der Waals surface area contributed by atoms with Crippen LogP contribution in [0, 0.1) is 6.92 Å². The van der Waals surface area contributed by atoms with Crippen molar-refractivity contribution in [1.82, 2.24) is 0 Å². The van der Waals surface area contributed by atoms with Gasteiger partial charge in [0, 0.05) is 11.3 Å². The molecule has 0 atom stereocenters. The van der Waals surface area contributed by atoms with E-state index in [0.717, 1.165) is 22.4 Å². The molecule has 0 spiro atoms. The third-order valence-electron chi connectivity index (χ3n) is 5.38. The monoisotopic (exact) mass is 414 g/mol. The van der Waals surface area contributed by atoms with Gasteiger partial charge in [0.15, 0.2) is 5.84 Å². The van der Waals surface area contributed by atoms with Crippen molar-refractivity contribution in [2.24, 2.45) is 9.98 Å². The maximum absolute atomic E-state index is 4.93. The normalized spacial score (nSPS) is 11.9. The van der Waals surface area contributed by atoms with E-state index in [1.165, 1.54) is 16.7 Å². The molecule has 2 nitrogen and oxygen atoms in total. The lowest BCUT2D eigenvalue weighted by atomic mass is 9.98. The van der Waals surface area contributed by atoms with E-state index in [1.54, 1.807) is 0 Å². The zero-order chi connectivity index (χ0) is 22.3. The summed E-state index contributed by atoms with van der Waals surface area (Å²) in [6.07, 6.45) is 0. The highest BCUT2D eigenvalue weighted by atomic mass is 14.9. The van der Waals surface area contributed by atoms with Crippen LogP contribution >= 0.6 is 0 Å². The molecule has 4 rings (SSSR count). The Bertz CT molecular complexity index is 1270. The van der Waals surface area contributed by atoms with Crippen LogP contribution in [0.2, 0.25) is 0 Å². The minimum atomic E-state index is 0.655. The first-order valence-corrected chi connectivity index (χ1v) is 10.7. The van der Waals surface area contributed by atoms with Gasteiger partial charge in [-0.25, -0.2) is 9.98 Å². The van der Waals surface area contributed by atoms with Crippen LogP contribution in [0.1, 0.15) is 29.2 Å². The van der Waals surface area contributed by atoms with Crippen LogP contribution in [-0.4, -0.2) is 11.5 Å². The van der Waals surface area contributed by atoms with E-state index in [9.17, 15) is 0 Å². The van der Waals surface area contributed by atoms with E-state index in [1.807, 2.05) is 61.5 Å². The molecular formula is C30H26N2. The quantitative estimate of drug-likeness (QED) is 0.237. The molecule has 4 aromatic carbocycles. The topological polar surface area (TPSA) is 24.7 Å². The van der Waals surface area contributed by atoms with Crippen LogP contribution in [0.5, 0.6) is 0 Å². The number of aliphatic imine (C=N–C) groups is 2. The van der Waals surface area contributed by atoms with Crippen molar-refractivity contribution in [2.45, 2.75) is 13.8 Å². The highest BCUT2D eigenvalue weighted by Gasteiger charge is 2.10. The third-order valence-corrected chi connectivity index (χ3v) is 5.38. The van der Waals surface area contributed by atoms with Gasteiger partial charge in [-0.05, 0) is 47.7 Å². The minimum absolute atomic E-state index is 0.655. The van der Waals surface area contributed by atoms with Crippen LogP contribution in [0.15, 0.2) is 126 Å². The van der Waals surface area contributed by atoms with Crippen molar-refractivity contribution in [3.8, 4) is 11.1 Å². The fraction of sp³-hybridized carbons (Fsp3) is 0.0667. The van der Waals surface area contributed by atoms with Crippen LogP contribution in [0.25, 0.3) is 16.8 Å². The Kier molecular flexibility index (Phi) is 6.52. The molecule has 0 radical (unpaired) electrons. The Balaban J connectivity index is 1.78. The SMILES string of the molecule is C=C(N=C(N=C(C)c1ccccc1)c1ccc(-c2ccccc2)c(C)c1)c1ccccc1. The summed E-state index contributed by atoms with van der Waals surface area (Å²) in [6.45, 7) is 8.34. The van der Waals surface area contributed by atoms with Crippen molar-refractivity contribution in [3.63, 3.8) is 0 Å². The summed E-state index contributed by atoms with van der Waals surface area (Å²) in [7, 11) is 0. The van der Waals surface area contributed by atoms with Crippen LogP contribution in [0.4, 0.5) is 0 Å². The molecule has 0 unspecified atom stereocenters. The number of benzene rings is 4. The van der Waals surface area contributed by atoms with Gasteiger partial charge in [0.25, 0.3) is 0 Å². The second-order valence-electron chi connectivity index (χ2n) is 7.71. The lowest BCUT2D eigenvalue weighted by molar-refractivity contribution is 1.40. The van der Waals surface area contributed by atoms with Crippen molar-refractivity contribution < 1.29 is 0 Å². The summed E-state index contributed by atoms with van der Waals surface area (Å²) < 4.78 is 0. The van der Waals surface area contributed by atoms with Crippen molar-refractivity contribution >= 4 is 17.2 Å². The molecule has 0 aliphatic carbocycles. The van der Waals surface area contributed by atoms with Crippen LogP contribution in [-0.2, 0) is 0 Å². The van der Waals surface area contributed by atoms with Gasteiger partial charge >= 0.3 is 0 Å². The first-order chi connectivity index (χ1) is 15.6. The van der Waals surface area contributed by atoms with Crippen molar-refractivity contribution in [2.75, 3.05) is 0 Å². The van der Waals surface area contributed by atoms with Crippen LogP contribution < -0.4 is 0 Å². The number of rotatable bonds is 5. The number of amidine groups is 1. The molecule has 0 aliphatic heterocycles. The molecule has 0 amide bonds. The summed E-state index contributed by atoms with van der Waals surface area (Å²) in [4.78, 5) is 9.79. The van der Waals surface area contributed by atoms with E-state index < -0.39 is 0 Å². The van der Waals surface area contributed by atoms with Gasteiger partial charge in [0.05, 0.1) is 5.70 Å². The van der Waals surface area contributed by atoms with E-state index in [4.69, 9.17) is 9.98 Å².